The number of hydrogen-bond acceptors (Lipinski definition) is 4. The summed E-state index contributed by atoms with van der Waals surface area (Å²) in [6.45, 7) is -0.0134. The first kappa shape index (κ1) is 55.3. The van der Waals surface area contributed by atoms with Crippen LogP contribution in [0.2, 0.25) is 0 Å². The molecule has 0 saturated carbocycles. The van der Waals surface area contributed by atoms with Crippen molar-refractivity contribution in [3.8, 4) is 66.8 Å². The smallest absolute Gasteiger partial charge is 0.252 e. The summed E-state index contributed by atoms with van der Waals surface area (Å²) in [6, 6.07) is 135. The van der Waals surface area contributed by atoms with Crippen LogP contribution in [-0.4, -0.2) is 13.4 Å². The van der Waals surface area contributed by atoms with E-state index in [4.69, 9.17) is 0 Å². The Morgan fingerprint density at radius 3 is 0.740 bits per heavy atom. The summed E-state index contributed by atoms with van der Waals surface area (Å²) in [5.74, 6) is 0. The molecule has 4 aliphatic heterocycles. The van der Waals surface area contributed by atoms with E-state index in [0.29, 0.717) is 0 Å². The fourth-order valence-corrected chi connectivity index (χ4v) is 15.9. The predicted octanol–water partition coefficient (Wildman–Crippen LogP) is 19.9. The van der Waals surface area contributed by atoms with E-state index in [0.717, 1.165) is 78.6 Å². The minimum absolute atomic E-state index is 0.0404. The molecular formula is C90H60B2N4. The van der Waals surface area contributed by atoms with Gasteiger partial charge in [0, 0.05) is 68.2 Å². The average molecular weight is 1220 g/mol. The molecule has 0 fully saturated rings. The number of benzene rings is 15. The Balaban J connectivity index is 0.769. The van der Waals surface area contributed by atoms with Gasteiger partial charge in [0.15, 0.2) is 0 Å². The molecule has 96 heavy (non-hydrogen) atoms. The summed E-state index contributed by atoms with van der Waals surface area (Å²) < 4.78 is 0. The van der Waals surface area contributed by atoms with Gasteiger partial charge in [-0.2, -0.15) is 0 Å². The lowest BCUT2D eigenvalue weighted by molar-refractivity contribution is 1.25. The van der Waals surface area contributed by atoms with Crippen LogP contribution in [0.25, 0.3) is 66.8 Å². The third-order valence-corrected chi connectivity index (χ3v) is 20.1. The fraction of sp³-hybridized carbons (Fsp3) is 0. The van der Waals surface area contributed by atoms with E-state index >= 15 is 0 Å². The van der Waals surface area contributed by atoms with Gasteiger partial charge in [-0.1, -0.05) is 237 Å². The molecule has 6 heteroatoms. The third-order valence-electron chi connectivity index (χ3n) is 20.1. The highest BCUT2D eigenvalue weighted by Crippen LogP contribution is 2.50. The van der Waals surface area contributed by atoms with Gasteiger partial charge in [0.1, 0.15) is 0 Å². The number of para-hydroxylation sites is 7. The molecule has 4 heterocycles. The van der Waals surface area contributed by atoms with Crippen molar-refractivity contribution in [2.24, 2.45) is 0 Å². The van der Waals surface area contributed by atoms with Gasteiger partial charge >= 0.3 is 0 Å². The van der Waals surface area contributed by atoms with Crippen molar-refractivity contribution in [1.82, 2.24) is 0 Å². The Hall–Kier alpha value is -12.4. The standard InChI is InChI=1S/C90H60B2N4/c1-7-27-61(28-8-1)68-53-69(62-29-9-2-10-30-62)55-70(54-68)72-59-87-90-88(60-72)96(76-41-17-6-18-42-76)84-56-67(49-50-80(84)92(90)79-45-21-24-48-83(79)95(87)75-39-15-5-16-40-75)65-33-25-31-63(51-65)64-32-26-34-66(52-64)71-57-85-89-86(58-71)94(74-37-13-4-14-38-74)82-47-23-20-44-78(82)91(89)77-43-19-22-46-81(77)93(85)73-35-11-3-12-36-73/h1-60H. The SMILES string of the molecule is c1ccc(-c2cc(-c3ccccc3)cc(-c3cc4c5c(c3)N(c3ccccc3)c3cc(-c6cccc(-c7cccc(-c8cc9c%10c(c8)N(c8ccccc8)c8ccccc8B%10c8ccccc8N9c8ccccc8)c7)c6)ccc3B5c3ccccc3N4c3ccccc3)c2)cc1. The molecule has 0 aromatic heterocycles. The third kappa shape index (κ3) is 9.09. The molecule has 0 saturated heterocycles. The van der Waals surface area contributed by atoms with Crippen molar-refractivity contribution >= 4 is 114 Å². The van der Waals surface area contributed by atoms with Crippen molar-refractivity contribution in [3.63, 3.8) is 0 Å². The van der Waals surface area contributed by atoms with Crippen LogP contribution in [0.15, 0.2) is 364 Å². The van der Waals surface area contributed by atoms with Crippen LogP contribution in [0.3, 0.4) is 0 Å². The van der Waals surface area contributed by atoms with Gasteiger partial charge in [-0.3, -0.25) is 0 Å². The maximum Gasteiger partial charge on any atom is 0.252 e. The molecule has 4 aliphatic rings. The number of anilines is 12. The summed E-state index contributed by atoms with van der Waals surface area (Å²) in [5.41, 5.74) is 35.6. The van der Waals surface area contributed by atoms with Crippen molar-refractivity contribution in [3.05, 3.63) is 364 Å². The molecular weight excluding hydrogens is 1160 g/mol. The van der Waals surface area contributed by atoms with Crippen LogP contribution in [0.5, 0.6) is 0 Å². The second kappa shape index (κ2) is 22.7. The summed E-state index contributed by atoms with van der Waals surface area (Å²) in [5, 5.41) is 0. The second-order valence-corrected chi connectivity index (χ2v) is 25.5. The Kier molecular flexibility index (Phi) is 13.1. The minimum Gasteiger partial charge on any atom is -0.311 e. The van der Waals surface area contributed by atoms with Crippen LogP contribution in [0.1, 0.15) is 0 Å². The molecule has 19 rings (SSSR count). The number of nitrogens with zero attached hydrogens (tertiary/aromatic N) is 4. The highest BCUT2D eigenvalue weighted by molar-refractivity contribution is 7.01. The van der Waals surface area contributed by atoms with Gasteiger partial charge in [-0.25, -0.2) is 0 Å². The Morgan fingerprint density at radius 2 is 0.375 bits per heavy atom. The molecule has 0 aliphatic carbocycles. The molecule has 15 aromatic rings. The summed E-state index contributed by atoms with van der Waals surface area (Å²) in [6.07, 6.45) is 0. The molecule has 446 valence electrons. The van der Waals surface area contributed by atoms with Crippen molar-refractivity contribution in [2.75, 3.05) is 19.6 Å². The van der Waals surface area contributed by atoms with Crippen LogP contribution < -0.4 is 52.4 Å². The molecule has 15 aromatic carbocycles. The maximum atomic E-state index is 2.55. The molecule has 4 nitrogen and oxygen atoms in total. The molecule has 0 unspecified atom stereocenters. The van der Waals surface area contributed by atoms with Crippen LogP contribution in [0.4, 0.5) is 68.2 Å². The maximum absolute atomic E-state index is 2.55. The van der Waals surface area contributed by atoms with E-state index < -0.39 is 0 Å². The number of hydrogen-bond donors (Lipinski definition) is 0. The lowest BCUT2D eigenvalue weighted by Crippen LogP contribution is -2.61. The first-order chi connectivity index (χ1) is 47.6. The number of rotatable bonds is 10. The first-order valence-corrected chi connectivity index (χ1v) is 33.3. The highest BCUT2D eigenvalue weighted by atomic mass is 15.2. The van der Waals surface area contributed by atoms with E-state index in [9.17, 15) is 0 Å². The summed E-state index contributed by atoms with van der Waals surface area (Å²) in [7, 11) is 0. The van der Waals surface area contributed by atoms with Crippen molar-refractivity contribution in [1.29, 1.82) is 0 Å². The van der Waals surface area contributed by atoms with Gasteiger partial charge in [-0.05, 0) is 227 Å². The topological polar surface area (TPSA) is 13.0 Å². The van der Waals surface area contributed by atoms with E-state index in [1.807, 2.05) is 0 Å². The molecule has 0 spiro atoms. The first-order valence-electron chi connectivity index (χ1n) is 33.3. The van der Waals surface area contributed by atoms with Gasteiger partial charge in [0.2, 0.25) is 0 Å². The number of fused-ring (bicyclic) bond motifs is 8. The zero-order valence-electron chi connectivity index (χ0n) is 52.6. The average Bonchev–Trinajstić information content (AvgIpc) is 0.704. The van der Waals surface area contributed by atoms with E-state index in [1.165, 1.54) is 89.2 Å². The zero-order valence-corrected chi connectivity index (χ0v) is 52.6. The van der Waals surface area contributed by atoms with E-state index in [-0.39, 0.29) is 13.4 Å². The largest absolute Gasteiger partial charge is 0.311 e. The molecule has 0 bridgehead atoms. The Labute approximate surface area is 561 Å². The lowest BCUT2D eigenvalue weighted by Gasteiger charge is -2.44. The normalized spacial score (nSPS) is 12.9. The Morgan fingerprint density at radius 1 is 0.146 bits per heavy atom. The molecule has 0 amide bonds. The molecule has 0 N–H and O–H groups in total. The summed E-state index contributed by atoms with van der Waals surface area (Å²) in [4.78, 5) is 10.0. The van der Waals surface area contributed by atoms with Crippen molar-refractivity contribution in [2.45, 2.75) is 0 Å². The van der Waals surface area contributed by atoms with Crippen LogP contribution in [-0.2, 0) is 0 Å². The summed E-state index contributed by atoms with van der Waals surface area (Å²) >= 11 is 0. The Bertz CT molecular complexity index is 5340. The van der Waals surface area contributed by atoms with Crippen LogP contribution in [0, 0.1) is 0 Å². The quantitative estimate of drug-likeness (QED) is 0.127. The molecule has 0 atom stereocenters. The van der Waals surface area contributed by atoms with Gasteiger partial charge in [0.25, 0.3) is 13.4 Å². The monoisotopic (exact) mass is 1220 g/mol. The second-order valence-electron chi connectivity index (χ2n) is 25.5. The molecule has 0 radical (unpaired) electrons. The van der Waals surface area contributed by atoms with Gasteiger partial charge in [-0.15, -0.1) is 0 Å². The zero-order chi connectivity index (χ0) is 63.2. The van der Waals surface area contributed by atoms with Crippen molar-refractivity contribution < 1.29 is 0 Å². The van der Waals surface area contributed by atoms with E-state index in [1.54, 1.807) is 0 Å². The van der Waals surface area contributed by atoms with Crippen LogP contribution >= 0.6 is 0 Å². The lowest BCUT2D eigenvalue weighted by atomic mass is 9.33. The highest BCUT2D eigenvalue weighted by Gasteiger charge is 2.45. The minimum atomic E-state index is -0.0538. The van der Waals surface area contributed by atoms with E-state index in [2.05, 4.69) is 384 Å². The van der Waals surface area contributed by atoms with Gasteiger partial charge < -0.3 is 19.6 Å². The van der Waals surface area contributed by atoms with Gasteiger partial charge in [0.05, 0.1) is 0 Å². The fourth-order valence-electron chi connectivity index (χ4n) is 15.9. The predicted molar refractivity (Wildman–Crippen MR) is 407 cm³/mol.